The van der Waals surface area contributed by atoms with Crippen LogP contribution in [0.2, 0.25) is 0 Å². The first-order chi connectivity index (χ1) is 16.5. The molecule has 0 amide bonds. The Hall–Kier alpha value is -3.20. The van der Waals surface area contributed by atoms with Crippen molar-refractivity contribution in [2.24, 2.45) is 5.14 Å². The van der Waals surface area contributed by atoms with Crippen LogP contribution in [0.3, 0.4) is 0 Å². The van der Waals surface area contributed by atoms with Gasteiger partial charge in [-0.05, 0) is 23.8 Å². The van der Waals surface area contributed by atoms with Crippen LogP contribution in [-0.4, -0.2) is 67.1 Å². The van der Waals surface area contributed by atoms with E-state index >= 15 is 0 Å². The Morgan fingerprint density at radius 2 is 1.89 bits per heavy atom. The molecular weight excluding hydrogens is 499 g/mol. The molecule has 1 aliphatic rings. The Bertz CT molecular complexity index is 1700. The van der Waals surface area contributed by atoms with Gasteiger partial charge in [-0.1, -0.05) is 6.07 Å². The molecule has 4 heterocycles. The summed E-state index contributed by atoms with van der Waals surface area (Å²) in [7, 11) is -6.04. The van der Waals surface area contributed by atoms with Crippen LogP contribution in [0.1, 0.15) is 17.3 Å². The van der Waals surface area contributed by atoms with Gasteiger partial charge in [-0.2, -0.15) is 4.98 Å². The van der Waals surface area contributed by atoms with Crippen LogP contribution in [0.15, 0.2) is 41.4 Å². The number of rotatable bonds is 6. The predicted octanol–water partition coefficient (Wildman–Crippen LogP) is 1.18. The third-order valence-electron chi connectivity index (χ3n) is 5.97. The number of hydrogen-bond donors (Lipinski definition) is 1. The van der Waals surface area contributed by atoms with Crippen LogP contribution in [0, 0.1) is 5.82 Å². The van der Waals surface area contributed by atoms with Crippen LogP contribution < -0.4 is 9.88 Å². The van der Waals surface area contributed by atoms with E-state index in [1.54, 1.807) is 18.3 Å². The SMILES string of the molecule is COc1ccc2c(ncc3nc(C4CN(S(C)(=O)=O)C4)n(Cc4ccc(S(N)(=O)=O)c(F)c4)c32)n1. The fourth-order valence-corrected chi connectivity index (χ4v) is 5.70. The Balaban J connectivity index is 1.66. The number of methoxy groups -OCH3 is 1. The Morgan fingerprint density at radius 3 is 2.51 bits per heavy atom. The number of benzene rings is 1. The molecule has 0 bridgehead atoms. The second-order valence-corrected chi connectivity index (χ2v) is 11.9. The molecule has 1 saturated heterocycles. The van der Waals surface area contributed by atoms with Crippen LogP contribution in [0.4, 0.5) is 4.39 Å². The number of pyridine rings is 2. The van der Waals surface area contributed by atoms with Crippen LogP contribution in [0.25, 0.3) is 22.1 Å². The molecule has 5 rings (SSSR count). The van der Waals surface area contributed by atoms with Gasteiger partial charge in [0, 0.05) is 37.0 Å². The largest absolute Gasteiger partial charge is 0.481 e. The molecule has 1 fully saturated rings. The van der Waals surface area contributed by atoms with Crippen LogP contribution >= 0.6 is 0 Å². The molecule has 0 atom stereocenters. The van der Waals surface area contributed by atoms with Crippen LogP contribution in [0.5, 0.6) is 5.88 Å². The second kappa shape index (κ2) is 8.19. The van der Waals surface area contributed by atoms with Crippen molar-refractivity contribution >= 4 is 42.1 Å². The summed E-state index contributed by atoms with van der Waals surface area (Å²) in [4.78, 5) is 12.9. The molecule has 0 unspecified atom stereocenters. The van der Waals surface area contributed by atoms with Crippen molar-refractivity contribution in [3.05, 3.63) is 53.7 Å². The van der Waals surface area contributed by atoms with E-state index in [2.05, 4.69) is 9.97 Å². The lowest BCUT2D eigenvalue weighted by atomic mass is 10.0. The molecule has 0 aliphatic carbocycles. The van der Waals surface area contributed by atoms with Crippen molar-refractivity contribution in [1.29, 1.82) is 0 Å². The molecule has 3 aromatic heterocycles. The topological polar surface area (TPSA) is 150 Å². The minimum Gasteiger partial charge on any atom is -0.481 e. The Kier molecular flexibility index (Phi) is 5.51. The third kappa shape index (κ3) is 4.22. The normalized spacial score (nSPS) is 15.5. The van der Waals surface area contributed by atoms with Gasteiger partial charge in [-0.25, -0.2) is 40.6 Å². The van der Waals surface area contributed by atoms with E-state index in [0.29, 0.717) is 39.3 Å². The summed E-state index contributed by atoms with van der Waals surface area (Å²) in [6.45, 7) is 0.671. The number of nitrogens with two attached hydrogens (primary N) is 1. The van der Waals surface area contributed by atoms with Gasteiger partial charge in [-0.3, -0.25) is 0 Å². The smallest absolute Gasteiger partial charge is 0.240 e. The van der Waals surface area contributed by atoms with Crippen molar-refractivity contribution in [3.8, 4) is 5.88 Å². The monoisotopic (exact) mass is 520 g/mol. The predicted molar refractivity (Wildman–Crippen MR) is 125 cm³/mol. The number of ether oxygens (including phenoxy) is 1. The van der Waals surface area contributed by atoms with Crippen LogP contribution in [-0.2, 0) is 26.6 Å². The molecule has 0 radical (unpaired) electrons. The lowest BCUT2D eigenvalue weighted by Gasteiger charge is -2.36. The molecule has 0 saturated carbocycles. The molecular formula is C21H21FN6O5S2. The highest BCUT2D eigenvalue weighted by atomic mass is 32.2. The van der Waals surface area contributed by atoms with Gasteiger partial charge in [0.25, 0.3) is 0 Å². The number of sulfonamides is 2. The second-order valence-electron chi connectivity index (χ2n) is 8.36. The van der Waals surface area contributed by atoms with Gasteiger partial charge >= 0.3 is 0 Å². The van der Waals surface area contributed by atoms with Crippen molar-refractivity contribution in [2.45, 2.75) is 17.4 Å². The summed E-state index contributed by atoms with van der Waals surface area (Å²) in [6.07, 6.45) is 2.72. The lowest BCUT2D eigenvalue weighted by molar-refractivity contribution is 0.254. The molecule has 14 heteroatoms. The first kappa shape index (κ1) is 23.5. The highest BCUT2D eigenvalue weighted by Crippen LogP contribution is 2.34. The van der Waals surface area contributed by atoms with Crippen molar-refractivity contribution in [2.75, 3.05) is 26.5 Å². The standard InChI is InChI=1S/C21H21FN6O5S2/c1-33-18-6-4-14-19-16(8-24-20(14)26-18)25-21(13-10-27(11-13)34(2,29)30)28(19)9-12-3-5-17(15(22)7-12)35(23,31)32/h3-8,13H,9-11H2,1-2H3,(H2,23,31,32). The first-order valence-electron chi connectivity index (χ1n) is 10.4. The van der Waals surface area contributed by atoms with Gasteiger partial charge in [0.2, 0.25) is 25.9 Å². The fourth-order valence-electron chi connectivity index (χ4n) is 4.21. The van der Waals surface area contributed by atoms with Crippen molar-refractivity contribution in [1.82, 2.24) is 23.8 Å². The van der Waals surface area contributed by atoms with E-state index < -0.39 is 30.8 Å². The average Bonchev–Trinajstić information content (AvgIpc) is 3.08. The zero-order valence-electron chi connectivity index (χ0n) is 18.7. The first-order valence-corrected chi connectivity index (χ1v) is 13.8. The number of nitrogens with zero attached hydrogens (tertiary/aromatic N) is 5. The number of primary sulfonamides is 1. The van der Waals surface area contributed by atoms with Gasteiger partial charge in [-0.15, -0.1) is 0 Å². The molecule has 184 valence electrons. The number of fused-ring (bicyclic) bond motifs is 3. The number of imidazole rings is 1. The third-order valence-corrected chi connectivity index (χ3v) is 8.15. The molecule has 0 spiro atoms. The fraction of sp³-hybridized carbons (Fsp3) is 0.286. The zero-order chi connectivity index (χ0) is 25.1. The van der Waals surface area contributed by atoms with Crippen molar-refractivity contribution in [3.63, 3.8) is 0 Å². The molecule has 4 aromatic rings. The molecule has 11 nitrogen and oxygen atoms in total. The number of aromatic nitrogens is 4. The Morgan fingerprint density at radius 1 is 1.14 bits per heavy atom. The molecule has 1 aromatic carbocycles. The van der Waals surface area contributed by atoms with Gasteiger partial charge in [0.05, 0.1) is 25.1 Å². The van der Waals surface area contributed by atoms with Gasteiger partial charge < -0.3 is 9.30 Å². The summed E-state index contributed by atoms with van der Waals surface area (Å²) in [5, 5.41) is 5.76. The number of halogens is 1. The summed E-state index contributed by atoms with van der Waals surface area (Å²) in [6, 6.07) is 7.21. The van der Waals surface area contributed by atoms with E-state index in [-0.39, 0.29) is 25.6 Å². The maximum Gasteiger partial charge on any atom is 0.240 e. The number of hydrogen-bond acceptors (Lipinski definition) is 8. The molecule has 2 N–H and O–H groups in total. The summed E-state index contributed by atoms with van der Waals surface area (Å²) in [5.41, 5.74) is 2.15. The van der Waals surface area contributed by atoms with Gasteiger partial charge in [0.15, 0.2) is 5.65 Å². The Labute approximate surface area is 200 Å². The maximum absolute atomic E-state index is 14.6. The molecule has 1 aliphatic heterocycles. The lowest BCUT2D eigenvalue weighted by Crippen LogP contribution is -2.48. The van der Waals surface area contributed by atoms with E-state index in [1.807, 2.05) is 4.57 Å². The summed E-state index contributed by atoms with van der Waals surface area (Å²) >= 11 is 0. The summed E-state index contributed by atoms with van der Waals surface area (Å²) < 4.78 is 69.9. The summed E-state index contributed by atoms with van der Waals surface area (Å²) in [5.74, 6) is -0.146. The minimum atomic E-state index is -4.20. The molecule has 35 heavy (non-hydrogen) atoms. The quantitative estimate of drug-likeness (QED) is 0.398. The minimum absolute atomic E-state index is 0.147. The van der Waals surface area contributed by atoms with Gasteiger partial charge in [0.1, 0.15) is 22.1 Å². The highest BCUT2D eigenvalue weighted by molar-refractivity contribution is 7.89. The van der Waals surface area contributed by atoms with E-state index in [0.717, 1.165) is 18.4 Å². The van der Waals surface area contributed by atoms with E-state index in [9.17, 15) is 21.2 Å². The van der Waals surface area contributed by atoms with E-state index in [1.165, 1.54) is 17.5 Å². The highest BCUT2D eigenvalue weighted by Gasteiger charge is 2.37. The van der Waals surface area contributed by atoms with Crippen molar-refractivity contribution < 1.29 is 26.0 Å². The maximum atomic E-state index is 14.6. The average molecular weight is 521 g/mol. The zero-order valence-corrected chi connectivity index (χ0v) is 20.3. The van der Waals surface area contributed by atoms with E-state index in [4.69, 9.17) is 14.9 Å².